The van der Waals surface area contributed by atoms with E-state index in [4.69, 9.17) is 9.47 Å². The Morgan fingerprint density at radius 2 is 2.08 bits per heavy atom. The maximum Gasteiger partial charge on any atom is 0.421 e. The minimum atomic E-state index is -4.60. The molecule has 5 nitrogen and oxygen atoms in total. The van der Waals surface area contributed by atoms with Gasteiger partial charge in [0.2, 0.25) is 5.88 Å². The van der Waals surface area contributed by atoms with Gasteiger partial charge in [-0.2, -0.15) is 13.2 Å². The number of amides is 1. The summed E-state index contributed by atoms with van der Waals surface area (Å²) in [5.41, 5.74) is -2.56. The number of alkyl carbamates (subject to hydrolysis) is 1. The molecule has 146 valence electrons. The van der Waals surface area contributed by atoms with Crippen LogP contribution >= 0.6 is 15.9 Å². The molecule has 1 aromatic rings. The number of rotatable bonds is 5. The van der Waals surface area contributed by atoms with E-state index in [-0.39, 0.29) is 17.0 Å². The molecule has 1 aliphatic rings. The summed E-state index contributed by atoms with van der Waals surface area (Å²) in [6, 6.07) is 0.921. The number of cyclic esters (lactones) is 1. The molecule has 1 aromatic heterocycles. The lowest BCUT2D eigenvalue weighted by atomic mass is 9.79. The highest BCUT2D eigenvalue weighted by molar-refractivity contribution is 9.10. The van der Waals surface area contributed by atoms with E-state index in [0.717, 1.165) is 6.07 Å². The van der Waals surface area contributed by atoms with E-state index >= 15 is 0 Å². The Labute approximate surface area is 158 Å². The molecule has 26 heavy (non-hydrogen) atoms. The van der Waals surface area contributed by atoms with Crippen molar-refractivity contribution in [1.29, 1.82) is 0 Å². The van der Waals surface area contributed by atoms with Crippen LogP contribution in [0.3, 0.4) is 0 Å². The minimum absolute atomic E-state index is 0.137. The van der Waals surface area contributed by atoms with Crippen molar-refractivity contribution in [3.05, 3.63) is 22.3 Å². The van der Waals surface area contributed by atoms with Gasteiger partial charge in [-0.3, -0.25) is 0 Å². The van der Waals surface area contributed by atoms with Gasteiger partial charge in [0.05, 0.1) is 5.54 Å². The van der Waals surface area contributed by atoms with Crippen molar-refractivity contribution >= 4 is 22.0 Å². The number of hydrogen-bond donors (Lipinski definition) is 1. The highest BCUT2D eigenvalue weighted by atomic mass is 79.9. The Bertz CT molecular complexity index is 680. The Morgan fingerprint density at radius 1 is 1.42 bits per heavy atom. The molecular weight excluding hydrogens is 417 g/mol. The molecule has 1 N–H and O–H groups in total. The minimum Gasteiger partial charge on any atom is -0.475 e. The molecule has 1 aliphatic heterocycles. The Kier molecular flexibility index (Phi) is 5.80. The van der Waals surface area contributed by atoms with Gasteiger partial charge in [0.25, 0.3) is 0 Å². The topological polar surface area (TPSA) is 60.5 Å². The summed E-state index contributed by atoms with van der Waals surface area (Å²) in [6.07, 6.45) is -3.03. The van der Waals surface area contributed by atoms with E-state index in [1.807, 2.05) is 13.8 Å². The third kappa shape index (κ3) is 5.25. The first-order valence-corrected chi connectivity index (χ1v) is 8.98. The van der Waals surface area contributed by atoms with Crippen LogP contribution in [0, 0.1) is 5.92 Å². The number of nitrogens with zero attached hydrogens (tertiary/aromatic N) is 1. The summed E-state index contributed by atoms with van der Waals surface area (Å²) in [4.78, 5) is 15.7. The fourth-order valence-electron chi connectivity index (χ4n) is 3.39. The van der Waals surface area contributed by atoms with E-state index < -0.39 is 34.9 Å². The molecule has 1 saturated heterocycles. The van der Waals surface area contributed by atoms with Gasteiger partial charge < -0.3 is 14.8 Å². The normalized spacial score (nSPS) is 22.7. The number of carbonyl (C=O) groups is 1. The highest BCUT2D eigenvalue weighted by Gasteiger charge is 2.46. The third-order valence-electron chi connectivity index (χ3n) is 3.91. The van der Waals surface area contributed by atoms with Crippen molar-refractivity contribution in [1.82, 2.24) is 10.3 Å². The quantitative estimate of drug-likeness (QED) is 0.707. The average molecular weight is 439 g/mol. The molecule has 1 amide bonds. The molecule has 0 saturated carbocycles. The summed E-state index contributed by atoms with van der Waals surface area (Å²) in [7, 11) is 0. The summed E-state index contributed by atoms with van der Waals surface area (Å²) >= 11 is 2.99. The third-order valence-corrected chi connectivity index (χ3v) is 4.34. The number of nitrogens with one attached hydrogen (secondary N) is 1. The van der Waals surface area contributed by atoms with Crippen molar-refractivity contribution < 1.29 is 27.4 Å². The smallest absolute Gasteiger partial charge is 0.421 e. The highest BCUT2D eigenvalue weighted by Crippen LogP contribution is 2.38. The molecule has 9 heteroatoms. The number of hydrogen-bond acceptors (Lipinski definition) is 4. The first-order chi connectivity index (χ1) is 11.8. The van der Waals surface area contributed by atoms with Gasteiger partial charge in [0.1, 0.15) is 17.8 Å². The first-order valence-electron chi connectivity index (χ1n) is 8.19. The maximum absolute atomic E-state index is 13.3. The van der Waals surface area contributed by atoms with Crippen LogP contribution in [0.15, 0.2) is 16.7 Å². The second-order valence-electron chi connectivity index (χ2n) is 7.62. The largest absolute Gasteiger partial charge is 0.475 e. The number of carbonyl (C=O) groups excluding carboxylic acids is 1. The van der Waals surface area contributed by atoms with Gasteiger partial charge in [0.15, 0.2) is 0 Å². The van der Waals surface area contributed by atoms with Crippen molar-refractivity contribution in [2.75, 3.05) is 6.61 Å². The Hall–Kier alpha value is -1.51. The van der Waals surface area contributed by atoms with Gasteiger partial charge in [-0.15, -0.1) is 0 Å². The number of halogens is 4. The first kappa shape index (κ1) is 20.8. The molecule has 0 spiro atoms. The fraction of sp³-hybridized carbons (Fsp3) is 0.647. The molecule has 0 bridgehead atoms. The molecule has 0 radical (unpaired) electrons. The summed E-state index contributed by atoms with van der Waals surface area (Å²) in [6.45, 7) is 7.33. The Balaban J connectivity index is 2.30. The van der Waals surface area contributed by atoms with E-state index in [2.05, 4.69) is 26.2 Å². The van der Waals surface area contributed by atoms with E-state index in [1.54, 1.807) is 13.8 Å². The van der Waals surface area contributed by atoms with Crippen molar-refractivity contribution in [2.24, 2.45) is 5.92 Å². The average Bonchev–Trinajstić information content (AvgIpc) is 2.41. The fourth-order valence-corrected chi connectivity index (χ4v) is 3.72. The van der Waals surface area contributed by atoms with Crippen LogP contribution in [-0.4, -0.2) is 28.8 Å². The monoisotopic (exact) mass is 438 g/mol. The van der Waals surface area contributed by atoms with E-state index in [9.17, 15) is 18.0 Å². The zero-order chi connectivity index (χ0) is 19.8. The zero-order valence-electron chi connectivity index (χ0n) is 15.0. The number of aromatic nitrogens is 1. The lowest BCUT2D eigenvalue weighted by Gasteiger charge is -2.45. The van der Waals surface area contributed by atoms with Crippen LogP contribution in [0.5, 0.6) is 5.88 Å². The summed E-state index contributed by atoms with van der Waals surface area (Å²) in [5, 5.41) is 2.75. The van der Waals surface area contributed by atoms with Crippen molar-refractivity contribution in [2.45, 2.75) is 57.9 Å². The predicted molar refractivity (Wildman–Crippen MR) is 92.9 cm³/mol. The lowest BCUT2D eigenvalue weighted by molar-refractivity contribution is -0.139. The van der Waals surface area contributed by atoms with Gasteiger partial charge in [-0.1, -0.05) is 13.8 Å². The molecule has 0 aliphatic carbocycles. The Morgan fingerprint density at radius 3 is 2.62 bits per heavy atom. The van der Waals surface area contributed by atoms with Gasteiger partial charge in [0, 0.05) is 17.1 Å². The molecular formula is C17H22BrF3N2O3. The van der Waals surface area contributed by atoms with E-state index in [0.29, 0.717) is 12.8 Å². The van der Waals surface area contributed by atoms with Gasteiger partial charge >= 0.3 is 12.3 Å². The van der Waals surface area contributed by atoms with Crippen molar-refractivity contribution in [3.63, 3.8) is 0 Å². The van der Waals surface area contributed by atoms with Crippen LogP contribution in [-0.2, 0) is 10.9 Å². The molecule has 1 fully saturated rings. The van der Waals surface area contributed by atoms with Crippen LogP contribution in [0.1, 0.15) is 46.1 Å². The predicted octanol–water partition coefficient (Wildman–Crippen LogP) is 4.94. The van der Waals surface area contributed by atoms with Crippen LogP contribution < -0.4 is 10.1 Å². The van der Waals surface area contributed by atoms with Gasteiger partial charge in [-0.05, 0) is 48.2 Å². The molecule has 2 rings (SSSR count). The molecule has 2 heterocycles. The van der Waals surface area contributed by atoms with Crippen molar-refractivity contribution in [3.8, 4) is 5.88 Å². The van der Waals surface area contributed by atoms with Crippen LogP contribution in [0.25, 0.3) is 0 Å². The number of alkyl halides is 3. The number of ether oxygens (including phenoxy) is 2. The van der Waals surface area contributed by atoms with E-state index in [1.165, 1.54) is 6.20 Å². The molecule has 1 atom stereocenters. The molecule has 0 unspecified atom stereocenters. The standard InChI is InChI=1S/C17H22BrF3N2O3/c1-10(2)6-16(8-15(3,4)26-14(24)23-16)9-25-13-12(17(19,20)21)5-11(18)7-22-13/h5,7,10H,6,8-9H2,1-4H3,(H,23,24)/t16-/m1/s1. The van der Waals surface area contributed by atoms with Gasteiger partial charge in [-0.25, -0.2) is 9.78 Å². The summed E-state index contributed by atoms with van der Waals surface area (Å²) < 4.78 is 50.7. The SMILES string of the molecule is CC(C)C[C@]1(COc2ncc(Br)cc2C(F)(F)F)CC(C)(C)OC(=O)N1. The second-order valence-corrected chi connectivity index (χ2v) is 8.54. The van der Waals surface area contributed by atoms with Crippen LogP contribution in [0.2, 0.25) is 0 Å². The maximum atomic E-state index is 13.3. The number of pyridine rings is 1. The lowest BCUT2D eigenvalue weighted by Crippen LogP contribution is -2.62. The second kappa shape index (κ2) is 7.25. The molecule has 0 aromatic carbocycles. The zero-order valence-corrected chi connectivity index (χ0v) is 16.6. The van der Waals surface area contributed by atoms with Crippen LogP contribution in [0.4, 0.5) is 18.0 Å². The summed E-state index contributed by atoms with van der Waals surface area (Å²) in [5.74, 6) is -0.324.